The number of pyridine rings is 1. The maximum atomic E-state index is 5.60. The molecule has 2 heterocycles. The Kier molecular flexibility index (Phi) is 11.5. The van der Waals surface area contributed by atoms with Crippen molar-refractivity contribution in [3.05, 3.63) is 42.1 Å². The van der Waals surface area contributed by atoms with Gasteiger partial charge in [0.25, 0.3) is 0 Å². The molecule has 8 nitrogen and oxygen atoms in total. The third-order valence-corrected chi connectivity index (χ3v) is 5.44. The maximum Gasteiger partial charge on any atom is 0.196 e. The molecule has 0 spiro atoms. The minimum absolute atomic E-state index is 0. The van der Waals surface area contributed by atoms with E-state index < -0.39 is 0 Å². The molecule has 33 heavy (non-hydrogen) atoms. The van der Waals surface area contributed by atoms with Crippen LogP contribution >= 0.6 is 24.0 Å². The first-order valence-electron chi connectivity index (χ1n) is 11.4. The number of ether oxygens (including phenoxy) is 2. The summed E-state index contributed by atoms with van der Waals surface area (Å²) in [6.45, 7) is 13.4. The molecule has 1 aliphatic heterocycles. The van der Waals surface area contributed by atoms with Crippen LogP contribution in [0, 0.1) is 0 Å². The van der Waals surface area contributed by atoms with E-state index in [1.54, 1.807) is 7.11 Å². The molecule has 1 saturated heterocycles. The molecule has 0 atom stereocenters. The lowest BCUT2D eigenvalue weighted by molar-refractivity contribution is 0.270. The van der Waals surface area contributed by atoms with Gasteiger partial charge in [0.1, 0.15) is 5.82 Å². The molecule has 1 aromatic heterocycles. The van der Waals surface area contributed by atoms with Crippen LogP contribution < -0.4 is 25.0 Å². The van der Waals surface area contributed by atoms with Crippen LogP contribution in [0.5, 0.6) is 11.5 Å². The van der Waals surface area contributed by atoms with Crippen molar-refractivity contribution in [2.24, 2.45) is 4.99 Å². The fraction of sp³-hybridized carbons (Fsp3) is 0.500. The Morgan fingerprint density at radius 2 is 1.85 bits per heavy atom. The average molecular weight is 569 g/mol. The highest BCUT2D eigenvalue weighted by molar-refractivity contribution is 14.0. The van der Waals surface area contributed by atoms with Gasteiger partial charge in [0.05, 0.1) is 20.3 Å². The lowest BCUT2D eigenvalue weighted by atomic mass is 10.2. The molecule has 3 rings (SSSR count). The van der Waals surface area contributed by atoms with E-state index >= 15 is 0 Å². The van der Waals surface area contributed by atoms with Crippen molar-refractivity contribution >= 4 is 41.4 Å². The summed E-state index contributed by atoms with van der Waals surface area (Å²) in [5, 5.41) is 6.66. The van der Waals surface area contributed by atoms with Gasteiger partial charge in [-0.05, 0) is 50.2 Å². The second kappa shape index (κ2) is 14.1. The minimum atomic E-state index is 0. The van der Waals surface area contributed by atoms with Crippen LogP contribution in [0.1, 0.15) is 26.3 Å². The van der Waals surface area contributed by atoms with Gasteiger partial charge in [-0.25, -0.2) is 9.98 Å². The average Bonchev–Trinajstić information content (AvgIpc) is 2.84. The summed E-state index contributed by atoms with van der Waals surface area (Å²) in [5.74, 6) is 3.16. The SMILES string of the molecule is CCNC(=NCc1ccnc(N2CCN(CC)CC2)c1)Nc1ccc(OCC)c(OC)c1.I. The van der Waals surface area contributed by atoms with E-state index in [2.05, 4.69) is 45.3 Å². The number of aromatic nitrogens is 1. The molecule has 2 aromatic rings. The molecule has 0 radical (unpaired) electrons. The summed E-state index contributed by atoms with van der Waals surface area (Å²) in [4.78, 5) is 14.2. The fourth-order valence-corrected chi connectivity index (χ4v) is 3.66. The number of piperazine rings is 1. The molecule has 0 aliphatic carbocycles. The van der Waals surface area contributed by atoms with Crippen molar-refractivity contribution in [2.75, 3.05) is 63.2 Å². The number of anilines is 2. The molecule has 2 N–H and O–H groups in total. The zero-order valence-corrected chi connectivity index (χ0v) is 22.5. The van der Waals surface area contributed by atoms with Crippen molar-refractivity contribution in [3.8, 4) is 11.5 Å². The molecular weight excluding hydrogens is 531 g/mol. The minimum Gasteiger partial charge on any atom is -0.493 e. The summed E-state index contributed by atoms with van der Waals surface area (Å²) in [6.07, 6.45) is 1.88. The monoisotopic (exact) mass is 568 g/mol. The van der Waals surface area contributed by atoms with E-state index in [0.29, 0.717) is 24.9 Å². The van der Waals surface area contributed by atoms with Gasteiger partial charge in [0.15, 0.2) is 17.5 Å². The van der Waals surface area contributed by atoms with Crippen LogP contribution in [0.15, 0.2) is 41.5 Å². The van der Waals surface area contributed by atoms with Crippen molar-refractivity contribution in [3.63, 3.8) is 0 Å². The number of likely N-dealkylation sites (N-methyl/N-ethyl adjacent to an activating group) is 1. The van der Waals surface area contributed by atoms with E-state index in [9.17, 15) is 0 Å². The Balaban J connectivity index is 0.00000385. The number of nitrogens with one attached hydrogen (secondary N) is 2. The Labute approximate surface area is 214 Å². The molecule has 0 bridgehead atoms. The maximum absolute atomic E-state index is 5.60. The van der Waals surface area contributed by atoms with Crippen LogP contribution in [0.3, 0.4) is 0 Å². The third kappa shape index (κ3) is 7.92. The van der Waals surface area contributed by atoms with Crippen LogP contribution in [-0.4, -0.2) is 68.8 Å². The lowest BCUT2D eigenvalue weighted by Crippen LogP contribution is -2.46. The zero-order chi connectivity index (χ0) is 22.8. The first kappa shape index (κ1) is 27.0. The van der Waals surface area contributed by atoms with Gasteiger partial charge < -0.3 is 29.9 Å². The molecule has 0 unspecified atom stereocenters. The molecule has 1 aromatic carbocycles. The van der Waals surface area contributed by atoms with Gasteiger partial charge in [-0.15, -0.1) is 24.0 Å². The topological polar surface area (TPSA) is 74.3 Å². The van der Waals surface area contributed by atoms with Gasteiger partial charge in [-0.1, -0.05) is 6.92 Å². The number of halogens is 1. The van der Waals surface area contributed by atoms with Crippen LogP contribution in [0.2, 0.25) is 0 Å². The Bertz CT molecular complexity index is 887. The second-order valence-electron chi connectivity index (χ2n) is 7.56. The Morgan fingerprint density at radius 3 is 2.52 bits per heavy atom. The van der Waals surface area contributed by atoms with Crippen LogP contribution in [-0.2, 0) is 6.54 Å². The summed E-state index contributed by atoms with van der Waals surface area (Å²) in [7, 11) is 1.64. The number of aliphatic imine (C=N–C) groups is 1. The highest BCUT2D eigenvalue weighted by Crippen LogP contribution is 2.30. The van der Waals surface area contributed by atoms with Crippen molar-refractivity contribution in [1.29, 1.82) is 0 Å². The molecule has 1 fully saturated rings. The number of nitrogens with zero attached hydrogens (tertiary/aromatic N) is 4. The largest absolute Gasteiger partial charge is 0.493 e. The molecule has 0 saturated carbocycles. The predicted octanol–water partition coefficient (Wildman–Crippen LogP) is 3.83. The Morgan fingerprint density at radius 1 is 1.06 bits per heavy atom. The number of hydrogen-bond donors (Lipinski definition) is 2. The highest BCUT2D eigenvalue weighted by Gasteiger charge is 2.16. The number of hydrogen-bond acceptors (Lipinski definition) is 6. The number of guanidine groups is 1. The smallest absolute Gasteiger partial charge is 0.196 e. The van der Waals surface area contributed by atoms with Crippen molar-refractivity contribution in [2.45, 2.75) is 27.3 Å². The summed E-state index contributed by atoms with van der Waals surface area (Å²) < 4.78 is 11.1. The van der Waals surface area contributed by atoms with Crippen LogP contribution in [0.25, 0.3) is 0 Å². The first-order valence-corrected chi connectivity index (χ1v) is 11.4. The number of methoxy groups -OCH3 is 1. The number of rotatable bonds is 9. The van der Waals surface area contributed by atoms with Gasteiger partial charge >= 0.3 is 0 Å². The Hall–Kier alpha value is -2.27. The van der Waals surface area contributed by atoms with E-state index in [4.69, 9.17) is 14.5 Å². The van der Waals surface area contributed by atoms with Crippen LogP contribution in [0.4, 0.5) is 11.5 Å². The fourth-order valence-electron chi connectivity index (χ4n) is 3.66. The first-order chi connectivity index (χ1) is 15.7. The summed E-state index contributed by atoms with van der Waals surface area (Å²) in [5.41, 5.74) is 2.02. The molecular formula is C24H37IN6O2. The van der Waals surface area contributed by atoms with Gasteiger partial charge in [0.2, 0.25) is 0 Å². The van der Waals surface area contributed by atoms with Gasteiger partial charge in [0, 0.05) is 50.7 Å². The van der Waals surface area contributed by atoms with Gasteiger partial charge in [-0.2, -0.15) is 0 Å². The molecule has 0 amide bonds. The number of benzene rings is 1. The lowest BCUT2D eigenvalue weighted by Gasteiger charge is -2.34. The van der Waals surface area contributed by atoms with Crippen molar-refractivity contribution in [1.82, 2.24) is 15.2 Å². The van der Waals surface area contributed by atoms with Gasteiger partial charge in [-0.3, -0.25) is 0 Å². The zero-order valence-electron chi connectivity index (χ0n) is 20.1. The van der Waals surface area contributed by atoms with Crippen molar-refractivity contribution < 1.29 is 9.47 Å². The summed E-state index contributed by atoms with van der Waals surface area (Å²) in [6, 6.07) is 9.95. The normalized spacial score (nSPS) is 14.4. The molecule has 182 valence electrons. The predicted molar refractivity (Wildman–Crippen MR) is 147 cm³/mol. The van der Waals surface area contributed by atoms with E-state index in [1.165, 1.54) is 0 Å². The highest BCUT2D eigenvalue weighted by atomic mass is 127. The standard InChI is InChI=1S/C24H36N6O2.HI/c1-5-25-24(28-20-8-9-21(32-7-3)22(17-20)31-4)27-18-19-10-11-26-23(16-19)30-14-12-29(6-2)13-15-30;/h8-11,16-17H,5-7,12-15,18H2,1-4H3,(H2,25,27,28);1H. The second-order valence-corrected chi connectivity index (χ2v) is 7.56. The summed E-state index contributed by atoms with van der Waals surface area (Å²) >= 11 is 0. The van der Waals surface area contributed by atoms with E-state index in [-0.39, 0.29) is 24.0 Å². The van der Waals surface area contributed by atoms with E-state index in [0.717, 1.165) is 62.1 Å². The molecule has 9 heteroatoms. The molecule has 1 aliphatic rings. The quantitative estimate of drug-likeness (QED) is 0.271. The third-order valence-electron chi connectivity index (χ3n) is 5.44. The van der Waals surface area contributed by atoms with E-state index in [1.807, 2.05) is 37.4 Å².